The number of benzene rings is 1. The van der Waals surface area contributed by atoms with Crippen molar-refractivity contribution in [1.29, 1.82) is 0 Å². The molecule has 0 saturated heterocycles. The number of nitrogens with two attached hydrogens (primary N) is 1. The van der Waals surface area contributed by atoms with Gasteiger partial charge in [0.2, 0.25) is 0 Å². The SMILES string of the molecule is COc1cc([C@@H](N)C(C)C)ccc1Cl. The molecule has 0 aliphatic rings. The monoisotopic (exact) mass is 213 g/mol. The molecule has 0 aliphatic heterocycles. The molecule has 1 rings (SSSR count). The van der Waals surface area contributed by atoms with Crippen molar-refractivity contribution < 1.29 is 4.74 Å². The molecule has 0 saturated carbocycles. The quantitative estimate of drug-likeness (QED) is 0.838. The van der Waals surface area contributed by atoms with Crippen LogP contribution in [-0.4, -0.2) is 7.11 Å². The molecule has 2 nitrogen and oxygen atoms in total. The molecule has 3 heteroatoms. The standard InChI is InChI=1S/C11H16ClNO/c1-7(2)11(13)8-4-5-9(12)10(6-8)14-3/h4-7,11H,13H2,1-3H3/t11-/m0/s1. The molecule has 0 heterocycles. The van der Waals surface area contributed by atoms with E-state index < -0.39 is 0 Å². The maximum atomic E-state index is 6.01. The van der Waals surface area contributed by atoms with E-state index in [-0.39, 0.29) is 6.04 Å². The van der Waals surface area contributed by atoms with Crippen molar-refractivity contribution in [1.82, 2.24) is 0 Å². The van der Waals surface area contributed by atoms with Gasteiger partial charge in [-0.25, -0.2) is 0 Å². The van der Waals surface area contributed by atoms with E-state index in [1.165, 1.54) is 0 Å². The van der Waals surface area contributed by atoms with Crippen LogP contribution in [0.5, 0.6) is 5.75 Å². The predicted molar refractivity (Wildman–Crippen MR) is 59.8 cm³/mol. The lowest BCUT2D eigenvalue weighted by atomic mass is 9.97. The van der Waals surface area contributed by atoms with Crippen LogP contribution in [0.4, 0.5) is 0 Å². The maximum absolute atomic E-state index is 6.01. The summed E-state index contributed by atoms with van der Waals surface area (Å²) in [4.78, 5) is 0. The minimum atomic E-state index is 0.0289. The van der Waals surface area contributed by atoms with E-state index in [1.54, 1.807) is 7.11 Å². The van der Waals surface area contributed by atoms with Crippen molar-refractivity contribution in [2.75, 3.05) is 7.11 Å². The Hall–Kier alpha value is -0.730. The Morgan fingerprint density at radius 1 is 1.36 bits per heavy atom. The second-order valence-corrected chi connectivity index (χ2v) is 4.07. The normalized spacial score (nSPS) is 13.0. The number of methoxy groups -OCH3 is 1. The topological polar surface area (TPSA) is 35.2 Å². The Morgan fingerprint density at radius 3 is 2.50 bits per heavy atom. The van der Waals surface area contributed by atoms with Crippen molar-refractivity contribution in [3.63, 3.8) is 0 Å². The summed E-state index contributed by atoms with van der Waals surface area (Å²) < 4.78 is 5.13. The Kier molecular flexibility index (Phi) is 3.78. The summed E-state index contributed by atoms with van der Waals surface area (Å²) in [7, 11) is 1.60. The Morgan fingerprint density at radius 2 is 2.00 bits per heavy atom. The summed E-state index contributed by atoms with van der Waals surface area (Å²) in [6.07, 6.45) is 0. The van der Waals surface area contributed by atoms with Crippen LogP contribution in [0.25, 0.3) is 0 Å². The van der Waals surface area contributed by atoms with Gasteiger partial charge < -0.3 is 10.5 Å². The van der Waals surface area contributed by atoms with Crippen molar-refractivity contribution >= 4 is 11.6 Å². The lowest BCUT2D eigenvalue weighted by Gasteiger charge is -2.17. The zero-order valence-electron chi connectivity index (χ0n) is 8.75. The van der Waals surface area contributed by atoms with Gasteiger partial charge in [0.15, 0.2) is 0 Å². The summed E-state index contributed by atoms with van der Waals surface area (Å²) in [6.45, 7) is 4.18. The second kappa shape index (κ2) is 4.67. The largest absolute Gasteiger partial charge is 0.495 e. The number of ether oxygens (including phenoxy) is 1. The van der Waals surface area contributed by atoms with Gasteiger partial charge in [0.05, 0.1) is 12.1 Å². The van der Waals surface area contributed by atoms with E-state index in [4.69, 9.17) is 22.1 Å². The van der Waals surface area contributed by atoms with Gasteiger partial charge in [-0.1, -0.05) is 31.5 Å². The van der Waals surface area contributed by atoms with Crippen LogP contribution in [0.1, 0.15) is 25.5 Å². The summed E-state index contributed by atoms with van der Waals surface area (Å²) >= 11 is 5.91. The molecule has 1 aromatic carbocycles. The highest BCUT2D eigenvalue weighted by Gasteiger charge is 2.12. The first-order valence-corrected chi connectivity index (χ1v) is 5.03. The average molecular weight is 214 g/mol. The molecule has 0 bridgehead atoms. The molecular weight excluding hydrogens is 198 g/mol. The molecular formula is C11H16ClNO. The number of halogens is 1. The van der Waals surface area contributed by atoms with Crippen molar-refractivity contribution in [3.8, 4) is 5.75 Å². The Balaban J connectivity index is 3.00. The highest BCUT2D eigenvalue weighted by atomic mass is 35.5. The van der Waals surface area contributed by atoms with E-state index in [9.17, 15) is 0 Å². The minimum Gasteiger partial charge on any atom is -0.495 e. The van der Waals surface area contributed by atoms with Crippen molar-refractivity contribution in [2.45, 2.75) is 19.9 Å². The van der Waals surface area contributed by atoms with E-state index in [2.05, 4.69) is 13.8 Å². The smallest absolute Gasteiger partial charge is 0.137 e. The number of rotatable bonds is 3. The third-order valence-electron chi connectivity index (χ3n) is 2.28. The van der Waals surface area contributed by atoms with Crippen LogP contribution in [0.15, 0.2) is 18.2 Å². The molecule has 78 valence electrons. The first-order chi connectivity index (χ1) is 6.56. The molecule has 0 aliphatic carbocycles. The molecule has 14 heavy (non-hydrogen) atoms. The maximum Gasteiger partial charge on any atom is 0.137 e. The van der Waals surface area contributed by atoms with Gasteiger partial charge >= 0.3 is 0 Å². The molecule has 0 amide bonds. The van der Waals surface area contributed by atoms with Gasteiger partial charge in [0.25, 0.3) is 0 Å². The Labute approximate surface area is 90.0 Å². The van der Waals surface area contributed by atoms with Crippen LogP contribution in [0, 0.1) is 5.92 Å². The third kappa shape index (κ3) is 2.40. The minimum absolute atomic E-state index is 0.0289. The van der Waals surface area contributed by atoms with Crippen molar-refractivity contribution in [3.05, 3.63) is 28.8 Å². The fourth-order valence-corrected chi connectivity index (χ4v) is 1.46. The lowest BCUT2D eigenvalue weighted by Crippen LogP contribution is -2.16. The molecule has 0 unspecified atom stereocenters. The number of hydrogen-bond acceptors (Lipinski definition) is 2. The van der Waals surface area contributed by atoms with Crippen LogP contribution >= 0.6 is 11.6 Å². The summed E-state index contributed by atoms with van der Waals surface area (Å²) in [5, 5.41) is 0.618. The molecule has 2 N–H and O–H groups in total. The molecule has 0 fully saturated rings. The fraction of sp³-hybridized carbons (Fsp3) is 0.455. The van der Waals surface area contributed by atoms with Gasteiger partial charge in [-0.3, -0.25) is 0 Å². The fourth-order valence-electron chi connectivity index (χ4n) is 1.27. The molecule has 0 radical (unpaired) electrons. The first-order valence-electron chi connectivity index (χ1n) is 4.65. The highest BCUT2D eigenvalue weighted by molar-refractivity contribution is 6.32. The number of hydrogen-bond donors (Lipinski definition) is 1. The molecule has 0 spiro atoms. The lowest BCUT2D eigenvalue weighted by molar-refractivity contribution is 0.412. The molecule has 0 aromatic heterocycles. The van der Waals surface area contributed by atoms with E-state index >= 15 is 0 Å². The molecule has 1 aromatic rings. The average Bonchev–Trinajstić information content (AvgIpc) is 2.17. The highest BCUT2D eigenvalue weighted by Crippen LogP contribution is 2.29. The summed E-state index contributed by atoms with van der Waals surface area (Å²) in [6, 6.07) is 5.68. The molecule has 1 atom stereocenters. The zero-order chi connectivity index (χ0) is 10.7. The second-order valence-electron chi connectivity index (χ2n) is 3.66. The van der Waals surface area contributed by atoms with Crippen molar-refractivity contribution in [2.24, 2.45) is 11.7 Å². The van der Waals surface area contributed by atoms with E-state index in [1.807, 2.05) is 18.2 Å². The van der Waals surface area contributed by atoms with Crippen LogP contribution in [0.3, 0.4) is 0 Å². The van der Waals surface area contributed by atoms with Gasteiger partial charge in [0, 0.05) is 6.04 Å². The van der Waals surface area contributed by atoms with Gasteiger partial charge in [-0.15, -0.1) is 0 Å². The third-order valence-corrected chi connectivity index (χ3v) is 2.59. The van der Waals surface area contributed by atoms with Crippen LogP contribution < -0.4 is 10.5 Å². The van der Waals surface area contributed by atoms with Gasteiger partial charge in [-0.2, -0.15) is 0 Å². The van der Waals surface area contributed by atoms with Gasteiger partial charge in [0.1, 0.15) is 5.75 Å². The summed E-state index contributed by atoms with van der Waals surface area (Å²) in [5.41, 5.74) is 7.07. The van der Waals surface area contributed by atoms with E-state index in [0.29, 0.717) is 16.7 Å². The zero-order valence-corrected chi connectivity index (χ0v) is 9.51. The predicted octanol–water partition coefficient (Wildman–Crippen LogP) is 3.00. The Bertz CT molecular complexity index is 312. The van der Waals surface area contributed by atoms with E-state index in [0.717, 1.165) is 5.56 Å². The first kappa shape index (κ1) is 11.3. The van der Waals surface area contributed by atoms with Crippen LogP contribution in [-0.2, 0) is 0 Å². The van der Waals surface area contributed by atoms with Gasteiger partial charge in [-0.05, 0) is 23.6 Å². The summed E-state index contributed by atoms with van der Waals surface area (Å²) in [5.74, 6) is 1.08. The van der Waals surface area contributed by atoms with Crippen LogP contribution in [0.2, 0.25) is 5.02 Å².